The summed E-state index contributed by atoms with van der Waals surface area (Å²) >= 11 is 2.02. The maximum Gasteiger partial charge on any atom is 0.416 e. The third-order valence-electron chi connectivity index (χ3n) is 3.58. The predicted octanol–water partition coefficient (Wildman–Crippen LogP) is 4.87. The molecule has 0 aromatic heterocycles. The highest BCUT2D eigenvalue weighted by atomic mass is 127. The summed E-state index contributed by atoms with van der Waals surface area (Å²) in [5.74, 6) is 0.0926. The molecule has 0 unspecified atom stereocenters. The molecular weight excluding hydrogens is 488 g/mol. The van der Waals surface area contributed by atoms with Gasteiger partial charge in [-0.15, -0.1) is 0 Å². The third kappa shape index (κ3) is 5.16. The highest BCUT2D eigenvalue weighted by Crippen LogP contribution is 2.34. The zero-order chi connectivity index (χ0) is 20.9. The van der Waals surface area contributed by atoms with Crippen molar-refractivity contribution >= 4 is 40.3 Å². The summed E-state index contributed by atoms with van der Waals surface area (Å²) in [6.45, 7) is 0. The van der Waals surface area contributed by atoms with Crippen LogP contribution >= 0.6 is 22.6 Å². The summed E-state index contributed by atoms with van der Waals surface area (Å²) in [5, 5.41) is 11.6. The van der Waals surface area contributed by atoms with Crippen LogP contribution < -0.4 is 14.8 Å². The molecule has 0 aliphatic heterocycles. The van der Waals surface area contributed by atoms with Gasteiger partial charge in [-0.3, -0.25) is 4.79 Å². The van der Waals surface area contributed by atoms with E-state index in [1.807, 2.05) is 22.6 Å². The normalized spacial score (nSPS) is 11.5. The molecule has 0 saturated carbocycles. The molecule has 146 valence electrons. The van der Waals surface area contributed by atoms with Gasteiger partial charge in [-0.05, 0) is 64.6 Å². The van der Waals surface area contributed by atoms with Gasteiger partial charge in [0, 0.05) is 5.69 Å². The summed E-state index contributed by atoms with van der Waals surface area (Å²) in [5.41, 5.74) is -0.747. The Morgan fingerprint density at radius 2 is 1.93 bits per heavy atom. The van der Waals surface area contributed by atoms with Crippen LogP contribution in [0.3, 0.4) is 0 Å². The first-order chi connectivity index (χ1) is 13.2. The van der Waals surface area contributed by atoms with Crippen molar-refractivity contribution in [2.45, 2.75) is 6.18 Å². The van der Waals surface area contributed by atoms with Crippen LogP contribution in [0, 0.1) is 14.9 Å². The van der Waals surface area contributed by atoms with E-state index in [4.69, 9.17) is 9.47 Å². The van der Waals surface area contributed by atoms with E-state index in [1.54, 1.807) is 18.2 Å². The van der Waals surface area contributed by atoms with Crippen molar-refractivity contribution in [2.75, 3.05) is 19.5 Å². The van der Waals surface area contributed by atoms with E-state index >= 15 is 0 Å². The van der Waals surface area contributed by atoms with Gasteiger partial charge in [0.05, 0.1) is 23.4 Å². The van der Waals surface area contributed by atoms with Crippen molar-refractivity contribution < 1.29 is 27.4 Å². The van der Waals surface area contributed by atoms with Gasteiger partial charge in [0.15, 0.2) is 11.5 Å². The van der Waals surface area contributed by atoms with E-state index in [1.165, 1.54) is 32.4 Å². The molecule has 28 heavy (non-hydrogen) atoms. The van der Waals surface area contributed by atoms with Gasteiger partial charge in [-0.1, -0.05) is 6.07 Å². The van der Waals surface area contributed by atoms with Gasteiger partial charge >= 0.3 is 6.18 Å². The van der Waals surface area contributed by atoms with Crippen LogP contribution in [0.5, 0.6) is 11.5 Å². The molecule has 5 nitrogen and oxygen atoms in total. The van der Waals surface area contributed by atoms with Crippen LogP contribution in [0.25, 0.3) is 6.08 Å². The maximum absolute atomic E-state index is 12.8. The van der Waals surface area contributed by atoms with Gasteiger partial charge in [-0.2, -0.15) is 18.4 Å². The predicted molar refractivity (Wildman–Crippen MR) is 106 cm³/mol. The Balaban J connectivity index is 2.32. The molecule has 0 aliphatic rings. The molecule has 0 saturated heterocycles. The van der Waals surface area contributed by atoms with E-state index < -0.39 is 17.6 Å². The molecule has 0 aliphatic carbocycles. The maximum atomic E-state index is 12.8. The monoisotopic (exact) mass is 502 g/mol. The van der Waals surface area contributed by atoms with Gasteiger partial charge in [0.25, 0.3) is 5.91 Å². The van der Waals surface area contributed by atoms with Crippen LogP contribution in [0.2, 0.25) is 0 Å². The molecule has 0 radical (unpaired) electrons. The number of carbonyl (C=O) groups excluding carboxylic acids is 1. The highest BCUT2D eigenvalue weighted by Gasteiger charge is 2.30. The van der Waals surface area contributed by atoms with Crippen molar-refractivity contribution in [3.63, 3.8) is 0 Å². The first kappa shape index (κ1) is 21.6. The van der Waals surface area contributed by atoms with Crippen LogP contribution in [-0.4, -0.2) is 20.1 Å². The topological polar surface area (TPSA) is 71.3 Å². The van der Waals surface area contributed by atoms with Crippen LogP contribution in [0.15, 0.2) is 42.0 Å². The molecule has 0 atom stereocenters. The lowest BCUT2D eigenvalue weighted by atomic mass is 10.1. The van der Waals surface area contributed by atoms with Crippen molar-refractivity contribution in [1.82, 2.24) is 0 Å². The molecule has 0 heterocycles. The van der Waals surface area contributed by atoms with Crippen LogP contribution in [-0.2, 0) is 11.0 Å². The smallest absolute Gasteiger partial charge is 0.416 e. The Labute approximate surface area is 172 Å². The summed E-state index contributed by atoms with van der Waals surface area (Å²) in [4.78, 5) is 12.3. The molecule has 0 fully saturated rings. The number of carbonyl (C=O) groups is 1. The van der Waals surface area contributed by atoms with E-state index in [0.717, 1.165) is 12.1 Å². The Morgan fingerprint density at radius 3 is 2.50 bits per heavy atom. The van der Waals surface area contributed by atoms with E-state index in [0.29, 0.717) is 20.6 Å². The zero-order valence-corrected chi connectivity index (χ0v) is 16.9. The fourth-order valence-corrected chi connectivity index (χ4v) is 3.15. The summed E-state index contributed by atoms with van der Waals surface area (Å²) in [6.07, 6.45) is -3.22. The van der Waals surface area contributed by atoms with Crippen LogP contribution in [0.1, 0.15) is 11.1 Å². The molecule has 1 N–H and O–H groups in total. The number of ether oxygens (including phenoxy) is 2. The quantitative estimate of drug-likeness (QED) is 0.360. The second-order valence-corrected chi connectivity index (χ2v) is 6.60. The number of methoxy groups -OCH3 is 2. The number of nitriles is 1. The number of hydrogen-bond acceptors (Lipinski definition) is 4. The number of amides is 1. The number of halogens is 4. The summed E-state index contributed by atoms with van der Waals surface area (Å²) < 4.78 is 49.5. The lowest BCUT2D eigenvalue weighted by molar-refractivity contribution is -0.137. The third-order valence-corrected chi connectivity index (χ3v) is 4.38. The zero-order valence-electron chi connectivity index (χ0n) is 14.7. The Morgan fingerprint density at radius 1 is 1.21 bits per heavy atom. The van der Waals surface area contributed by atoms with Gasteiger partial charge in [0.2, 0.25) is 0 Å². The molecule has 1 amide bonds. The number of alkyl halides is 3. The average molecular weight is 502 g/mol. The van der Waals surface area contributed by atoms with Crippen molar-refractivity contribution in [2.24, 2.45) is 0 Å². The van der Waals surface area contributed by atoms with Gasteiger partial charge < -0.3 is 14.8 Å². The van der Waals surface area contributed by atoms with Gasteiger partial charge in [-0.25, -0.2) is 0 Å². The fraction of sp³-hybridized carbons (Fsp3) is 0.158. The molecule has 2 aromatic carbocycles. The number of nitrogens with one attached hydrogen (secondary N) is 1. The summed E-state index contributed by atoms with van der Waals surface area (Å²) in [7, 11) is 2.94. The van der Waals surface area contributed by atoms with E-state index in [9.17, 15) is 23.2 Å². The minimum atomic E-state index is -4.54. The minimum Gasteiger partial charge on any atom is -0.493 e. The number of nitrogens with zero attached hydrogens (tertiary/aromatic N) is 1. The first-order valence-corrected chi connectivity index (χ1v) is 8.79. The highest BCUT2D eigenvalue weighted by molar-refractivity contribution is 14.1. The number of rotatable bonds is 5. The number of anilines is 1. The standard InChI is InChI=1S/C19H14F3IN2O3/c1-27-16-8-11(7-15(23)17(16)28-2)6-12(10-24)18(26)25-14-5-3-4-13(9-14)19(20,21)22/h3-9H,1-2H3,(H,25,26)/b12-6+. The lowest BCUT2D eigenvalue weighted by Gasteiger charge is -2.11. The number of benzene rings is 2. The van der Waals surface area contributed by atoms with E-state index in [-0.39, 0.29) is 11.3 Å². The Hall–Kier alpha value is -2.74. The van der Waals surface area contributed by atoms with Crippen molar-refractivity contribution in [3.05, 3.63) is 56.7 Å². The molecule has 9 heteroatoms. The van der Waals surface area contributed by atoms with Crippen LogP contribution in [0.4, 0.5) is 18.9 Å². The SMILES string of the molecule is COc1cc(/C=C(\C#N)C(=O)Nc2cccc(C(F)(F)F)c2)cc(I)c1OC. The Kier molecular flexibility index (Phi) is 6.90. The molecule has 2 rings (SSSR count). The largest absolute Gasteiger partial charge is 0.493 e. The Bertz CT molecular complexity index is 966. The molecule has 0 spiro atoms. The minimum absolute atomic E-state index is 0.0668. The summed E-state index contributed by atoms with van der Waals surface area (Å²) in [6, 6.07) is 9.18. The first-order valence-electron chi connectivity index (χ1n) is 7.71. The van der Waals surface area contributed by atoms with Crippen molar-refractivity contribution in [3.8, 4) is 17.6 Å². The second-order valence-electron chi connectivity index (χ2n) is 5.44. The average Bonchev–Trinajstić information content (AvgIpc) is 2.65. The van der Waals surface area contributed by atoms with Gasteiger partial charge in [0.1, 0.15) is 11.6 Å². The molecule has 2 aromatic rings. The van der Waals surface area contributed by atoms with Crippen molar-refractivity contribution in [1.29, 1.82) is 5.26 Å². The fourth-order valence-electron chi connectivity index (χ4n) is 2.31. The second kappa shape index (κ2) is 8.97. The molecule has 0 bridgehead atoms. The number of hydrogen-bond donors (Lipinski definition) is 1. The lowest BCUT2D eigenvalue weighted by Crippen LogP contribution is -2.14. The molecular formula is C19H14F3IN2O3. The van der Waals surface area contributed by atoms with E-state index in [2.05, 4.69) is 5.32 Å².